The number of carbonyl (C=O) groups excluding carboxylic acids is 2. The first kappa shape index (κ1) is 18.9. The molecule has 2 fully saturated rings. The molecule has 2 unspecified atom stereocenters. The number of hydrogen-bond acceptors (Lipinski definition) is 3. The van der Waals surface area contributed by atoms with Crippen molar-refractivity contribution in [1.29, 1.82) is 0 Å². The summed E-state index contributed by atoms with van der Waals surface area (Å²) in [6.07, 6.45) is 6.16. The number of hydrogen-bond donors (Lipinski definition) is 2. The number of nitrogens with zero attached hydrogens (tertiary/aromatic N) is 1. The summed E-state index contributed by atoms with van der Waals surface area (Å²) in [5.41, 5.74) is 7.18. The van der Waals surface area contributed by atoms with Crippen LogP contribution in [0.5, 0.6) is 0 Å². The first-order valence-electron chi connectivity index (χ1n) is 9.93. The Morgan fingerprint density at radius 2 is 1.92 bits per heavy atom. The quantitative estimate of drug-likeness (QED) is 0.850. The van der Waals surface area contributed by atoms with Gasteiger partial charge in [-0.1, -0.05) is 43.7 Å². The molecule has 2 amide bonds. The fourth-order valence-electron chi connectivity index (χ4n) is 4.79. The molecule has 1 saturated carbocycles. The van der Waals surface area contributed by atoms with Gasteiger partial charge in [-0.05, 0) is 49.1 Å². The smallest absolute Gasteiger partial charge is 0.249 e. The van der Waals surface area contributed by atoms with Crippen molar-refractivity contribution >= 4 is 11.8 Å². The van der Waals surface area contributed by atoms with E-state index in [1.807, 2.05) is 35.2 Å². The highest BCUT2D eigenvalue weighted by Gasteiger charge is 2.45. The van der Waals surface area contributed by atoms with Crippen molar-refractivity contribution in [1.82, 2.24) is 10.2 Å². The predicted molar refractivity (Wildman–Crippen MR) is 102 cm³/mol. The minimum absolute atomic E-state index is 0.00939. The molecule has 1 spiro atoms. The van der Waals surface area contributed by atoms with Crippen LogP contribution in [-0.4, -0.2) is 36.3 Å². The van der Waals surface area contributed by atoms with Gasteiger partial charge < -0.3 is 16.0 Å². The fourth-order valence-corrected chi connectivity index (χ4v) is 4.79. The van der Waals surface area contributed by atoms with Crippen LogP contribution in [0.25, 0.3) is 0 Å². The van der Waals surface area contributed by atoms with Gasteiger partial charge in [-0.15, -0.1) is 0 Å². The zero-order chi connectivity index (χ0) is 18.6. The van der Waals surface area contributed by atoms with Crippen molar-refractivity contribution in [3.63, 3.8) is 0 Å². The Morgan fingerprint density at radius 1 is 1.23 bits per heavy atom. The number of nitrogens with two attached hydrogens (primary N) is 1. The molecule has 1 aliphatic carbocycles. The standard InChI is InChI=1S/C21H31N3O2/c1-2-18(25)23-19(16-7-4-3-5-8-16)20(26)24-13-11-21(12-14-24)10-6-9-17(21)15-22/h3-5,7-8,17,19H,2,6,9-15,22H2,1H3,(H,23,25). The molecule has 0 aromatic heterocycles. The monoisotopic (exact) mass is 357 g/mol. The van der Waals surface area contributed by atoms with Crippen LogP contribution in [0.1, 0.15) is 57.1 Å². The van der Waals surface area contributed by atoms with Crippen molar-refractivity contribution in [2.45, 2.75) is 51.5 Å². The Kier molecular flexibility index (Phi) is 5.97. The maximum absolute atomic E-state index is 13.2. The van der Waals surface area contributed by atoms with Gasteiger partial charge in [-0.3, -0.25) is 9.59 Å². The second-order valence-electron chi connectivity index (χ2n) is 7.78. The molecule has 1 saturated heterocycles. The third-order valence-electron chi connectivity index (χ3n) is 6.45. The van der Waals surface area contributed by atoms with Gasteiger partial charge >= 0.3 is 0 Å². The molecular weight excluding hydrogens is 326 g/mol. The van der Waals surface area contributed by atoms with Gasteiger partial charge in [-0.2, -0.15) is 0 Å². The lowest BCUT2D eigenvalue weighted by Crippen LogP contribution is -2.49. The van der Waals surface area contributed by atoms with E-state index in [2.05, 4.69) is 5.32 Å². The summed E-state index contributed by atoms with van der Waals surface area (Å²) < 4.78 is 0. The maximum Gasteiger partial charge on any atom is 0.249 e. The molecule has 0 bridgehead atoms. The molecule has 5 heteroatoms. The van der Waals surface area contributed by atoms with E-state index in [1.165, 1.54) is 19.3 Å². The van der Waals surface area contributed by atoms with E-state index in [9.17, 15) is 9.59 Å². The Balaban J connectivity index is 1.71. The topological polar surface area (TPSA) is 75.4 Å². The summed E-state index contributed by atoms with van der Waals surface area (Å²) in [6.45, 7) is 4.09. The number of nitrogens with one attached hydrogen (secondary N) is 1. The van der Waals surface area contributed by atoms with Gasteiger partial charge in [0.05, 0.1) is 0 Å². The molecule has 26 heavy (non-hydrogen) atoms. The molecule has 5 nitrogen and oxygen atoms in total. The third kappa shape index (κ3) is 3.78. The summed E-state index contributed by atoms with van der Waals surface area (Å²) in [5, 5.41) is 2.91. The van der Waals surface area contributed by atoms with E-state index in [-0.39, 0.29) is 11.8 Å². The van der Waals surface area contributed by atoms with Crippen LogP contribution in [0, 0.1) is 11.3 Å². The Morgan fingerprint density at radius 3 is 2.54 bits per heavy atom. The van der Waals surface area contributed by atoms with Gasteiger partial charge in [0, 0.05) is 19.5 Å². The van der Waals surface area contributed by atoms with Gasteiger partial charge in [0.2, 0.25) is 11.8 Å². The summed E-state index contributed by atoms with van der Waals surface area (Å²) >= 11 is 0. The average Bonchev–Trinajstić information content (AvgIpc) is 3.08. The lowest BCUT2D eigenvalue weighted by molar-refractivity contribution is -0.139. The number of likely N-dealkylation sites (tertiary alicyclic amines) is 1. The van der Waals surface area contributed by atoms with Crippen LogP contribution in [-0.2, 0) is 9.59 Å². The van der Waals surface area contributed by atoms with E-state index in [0.717, 1.165) is 38.0 Å². The first-order chi connectivity index (χ1) is 12.6. The molecular formula is C21H31N3O2. The largest absolute Gasteiger partial charge is 0.341 e. The minimum Gasteiger partial charge on any atom is -0.341 e. The van der Waals surface area contributed by atoms with Crippen molar-refractivity contribution in [2.75, 3.05) is 19.6 Å². The molecule has 2 aliphatic rings. The molecule has 3 N–H and O–H groups in total. The number of benzene rings is 1. The lowest BCUT2D eigenvalue weighted by atomic mass is 9.70. The predicted octanol–water partition coefficient (Wildman–Crippen LogP) is 2.62. The molecule has 1 heterocycles. The summed E-state index contributed by atoms with van der Waals surface area (Å²) in [4.78, 5) is 27.1. The summed E-state index contributed by atoms with van der Waals surface area (Å²) in [5.74, 6) is 0.513. The first-order valence-corrected chi connectivity index (χ1v) is 9.93. The van der Waals surface area contributed by atoms with Gasteiger partial charge in [0.15, 0.2) is 0 Å². The van der Waals surface area contributed by atoms with E-state index in [4.69, 9.17) is 5.73 Å². The minimum atomic E-state index is -0.591. The molecule has 1 aromatic rings. The zero-order valence-corrected chi connectivity index (χ0v) is 15.7. The van der Waals surface area contributed by atoms with Crippen molar-refractivity contribution < 1.29 is 9.59 Å². The van der Waals surface area contributed by atoms with E-state index >= 15 is 0 Å². The molecule has 0 radical (unpaired) electrons. The normalized spacial score (nSPS) is 23.0. The Bertz CT molecular complexity index is 623. The van der Waals surface area contributed by atoms with Crippen LogP contribution in [0.3, 0.4) is 0 Å². The maximum atomic E-state index is 13.2. The van der Waals surface area contributed by atoms with Crippen LogP contribution in [0.15, 0.2) is 30.3 Å². The molecule has 142 valence electrons. The summed E-state index contributed by atoms with van der Waals surface area (Å²) in [7, 11) is 0. The molecule has 1 aliphatic heterocycles. The van der Waals surface area contributed by atoms with Crippen LogP contribution in [0.4, 0.5) is 0 Å². The van der Waals surface area contributed by atoms with E-state index in [0.29, 0.717) is 17.8 Å². The Labute approximate surface area is 156 Å². The fraction of sp³-hybridized carbons (Fsp3) is 0.619. The van der Waals surface area contributed by atoms with E-state index < -0.39 is 6.04 Å². The number of rotatable bonds is 5. The van der Waals surface area contributed by atoms with Gasteiger partial charge in [0.1, 0.15) is 6.04 Å². The zero-order valence-electron chi connectivity index (χ0n) is 15.7. The van der Waals surface area contributed by atoms with Gasteiger partial charge in [0.25, 0.3) is 0 Å². The number of piperidine rings is 1. The van der Waals surface area contributed by atoms with Crippen LogP contribution >= 0.6 is 0 Å². The van der Waals surface area contributed by atoms with Crippen LogP contribution in [0.2, 0.25) is 0 Å². The number of carbonyl (C=O) groups is 2. The third-order valence-corrected chi connectivity index (χ3v) is 6.45. The average molecular weight is 357 g/mol. The highest BCUT2D eigenvalue weighted by atomic mass is 16.2. The van der Waals surface area contributed by atoms with Crippen molar-refractivity contribution in [2.24, 2.45) is 17.1 Å². The molecule has 3 rings (SSSR count). The van der Waals surface area contributed by atoms with Gasteiger partial charge in [-0.25, -0.2) is 0 Å². The van der Waals surface area contributed by atoms with Crippen LogP contribution < -0.4 is 11.1 Å². The number of amides is 2. The highest BCUT2D eigenvalue weighted by Crippen LogP contribution is 2.50. The summed E-state index contributed by atoms with van der Waals surface area (Å²) in [6, 6.07) is 8.96. The van der Waals surface area contributed by atoms with E-state index in [1.54, 1.807) is 6.92 Å². The second kappa shape index (κ2) is 8.21. The Hall–Kier alpha value is -1.88. The second-order valence-corrected chi connectivity index (χ2v) is 7.78. The molecule has 1 aromatic carbocycles. The molecule has 2 atom stereocenters. The SMILES string of the molecule is CCC(=O)NC(C(=O)N1CCC2(CCCC2CN)CC1)c1ccccc1. The van der Waals surface area contributed by atoms with Crippen molar-refractivity contribution in [3.05, 3.63) is 35.9 Å². The lowest BCUT2D eigenvalue weighted by Gasteiger charge is -2.44. The highest BCUT2D eigenvalue weighted by molar-refractivity contribution is 5.88. The van der Waals surface area contributed by atoms with Crippen molar-refractivity contribution in [3.8, 4) is 0 Å².